The monoisotopic (exact) mass is 426 g/mol. The summed E-state index contributed by atoms with van der Waals surface area (Å²) in [6.07, 6.45) is 0. The van der Waals surface area contributed by atoms with Crippen molar-refractivity contribution >= 4 is 11.6 Å². The molecule has 0 saturated heterocycles. The lowest BCUT2D eigenvalue weighted by Crippen LogP contribution is -2.17. The molecule has 0 saturated carbocycles. The van der Waals surface area contributed by atoms with Gasteiger partial charge in [-0.2, -0.15) is 4.98 Å². The summed E-state index contributed by atoms with van der Waals surface area (Å²) in [5.74, 6) is 1.14. The summed E-state index contributed by atoms with van der Waals surface area (Å²) in [6.45, 7) is 3.35. The van der Waals surface area contributed by atoms with E-state index < -0.39 is 0 Å². The Morgan fingerprint density at radius 2 is 1.77 bits per heavy atom. The number of ether oxygens (including phenoxy) is 4. The van der Waals surface area contributed by atoms with Crippen LogP contribution in [-0.2, 0) is 14.3 Å². The second-order valence-corrected chi connectivity index (χ2v) is 6.43. The van der Waals surface area contributed by atoms with E-state index in [4.69, 9.17) is 18.9 Å². The Morgan fingerprint density at radius 1 is 1.03 bits per heavy atom. The fourth-order valence-electron chi connectivity index (χ4n) is 2.81. The summed E-state index contributed by atoms with van der Waals surface area (Å²) < 4.78 is 22.7. The van der Waals surface area contributed by atoms with Gasteiger partial charge in [0.1, 0.15) is 19.0 Å². The van der Waals surface area contributed by atoms with Gasteiger partial charge in [-0.25, -0.2) is 4.68 Å². The van der Waals surface area contributed by atoms with Crippen molar-refractivity contribution < 1.29 is 23.7 Å². The number of hydrogen-bond acceptors (Lipinski definition) is 7. The quantitative estimate of drug-likeness (QED) is 0.471. The first kappa shape index (κ1) is 22.3. The highest BCUT2D eigenvalue weighted by atomic mass is 16.5. The number of benzene rings is 2. The van der Waals surface area contributed by atoms with Crippen molar-refractivity contribution in [3.8, 4) is 28.8 Å². The number of nitrogens with zero attached hydrogens (tertiary/aromatic N) is 3. The highest BCUT2D eigenvalue weighted by molar-refractivity contribution is 5.91. The molecule has 0 bridgehead atoms. The van der Waals surface area contributed by atoms with E-state index in [2.05, 4.69) is 15.4 Å². The smallest absolute Gasteiger partial charge is 0.336 e. The van der Waals surface area contributed by atoms with E-state index in [9.17, 15) is 4.79 Å². The molecule has 3 aromatic rings. The van der Waals surface area contributed by atoms with E-state index in [1.165, 1.54) is 7.11 Å². The summed E-state index contributed by atoms with van der Waals surface area (Å²) in [7, 11) is 3.09. The van der Waals surface area contributed by atoms with Crippen molar-refractivity contribution in [2.45, 2.75) is 6.92 Å². The lowest BCUT2D eigenvalue weighted by Gasteiger charge is -2.08. The Hall–Kier alpha value is -3.43. The molecule has 9 nitrogen and oxygen atoms in total. The zero-order valence-corrected chi connectivity index (χ0v) is 17.8. The van der Waals surface area contributed by atoms with E-state index in [1.54, 1.807) is 23.9 Å². The van der Waals surface area contributed by atoms with Crippen molar-refractivity contribution in [2.24, 2.45) is 0 Å². The molecule has 0 aliphatic heterocycles. The molecule has 1 amide bonds. The maximum atomic E-state index is 11.7. The second kappa shape index (κ2) is 11.1. The van der Waals surface area contributed by atoms with Gasteiger partial charge in [0.25, 0.3) is 0 Å². The third kappa shape index (κ3) is 6.03. The number of aromatic nitrogens is 3. The maximum absolute atomic E-state index is 11.7. The van der Waals surface area contributed by atoms with Crippen molar-refractivity contribution in [1.29, 1.82) is 0 Å². The fraction of sp³-hybridized carbons (Fsp3) is 0.318. The maximum Gasteiger partial charge on any atom is 0.336 e. The second-order valence-electron chi connectivity index (χ2n) is 6.43. The van der Waals surface area contributed by atoms with Crippen LogP contribution in [0.1, 0.15) is 6.92 Å². The van der Waals surface area contributed by atoms with Crippen LogP contribution in [0, 0.1) is 0 Å². The Bertz CT molecular complexity index is 971. The molecule has 0 unspecified atom stereocenters. The van der Waals surface area contributed by atoms with Crippen molar-refractivity contribution in [2.75, 3.05) is 46.0 Å². The standard InChI is InChI=1S/C22H26N4O5/c1-4-30-13-14-31-22-24-21(16-5-11-19(29-3)12-6-16)26(25-22)18-9-7-17(8-10-18)23-20(27)15-28-2/h5-12H,4,13-15H2,1-3H3,(H,23,27). The van der Waals surface area contributed by atoms with Crippen LogP contribution in [0.15, 0.2) is 48.5 Å². The number of carbonyl (C=O) groups excluding carboxylic acids is 1. The molecule has 9 heteroatoms. The van der Waals surface area contributed by atoms with Gasteiger partial charge in [0.15, 0.2) is 5.82 Å². The van der Waals surface area contributed by atoms with Crippen LogP contribution in [0.2, 0.25) is 0 Å². The topological polar surface area (TPSA) is 96.7 Å². The normalized spacial score (nSPS) is 10.7. The van der Waals surface area contributed by atoms with Crippen LogP contribution >= 0.6 is 0 Å². The number of nitrogens with one attached hydrogen (secondary N) is 1. The van der Waals surface area contributed by atoms with Gasteiger partial charge in [-0.15, -0.1) is 5.10 Å². The lowest BCUT2D eigenvalue weighted by molar-refractivity contribution is -0.119. The third-order valence-corrected chi connectivity index (χ3v) is 4.27. The van der Waals surface area contributed by atoms with E-state index in [1.807, 2.05) is 43.3 Å². The Labute approximate surface area is 180 Å². The van der Waals surface area contributed by atoms with Crippen molar-refractivity contribution in [3.63, 3.8) is 0 Å². The average Bonchev–Trinajstić information content (AvgIpc) is 3.21. The zero-order chi connectivity index (χ0) is 22.1. The predicted molar refractivity (Wildman–Crippen MR) is 116 cm³/mol. The minimum absolute atomic E-state index is 0.00507. The molecule has 0 spiro atoms. The number of anilines is 1. The lowest BCUT2D eigenvalue weighted by atomic mass is 10.2. The van der Waals surface area contributed by atoms with Gasteiger partial charge in [0.05, 0.1) is 19.4 Å². The highest BCUT2D eigenvalue weighted by Crippen LogP contribution is 2.26. The molecule has 0 aliphatic carbocycles. The van der Waals surface area contributed by atoms with Crippen LogP contribution in [-0.4, -0.2) is 61.3 Å². The Kier molecular flexibility index (Phi) is 7.97. The minimum atomic E-state index is -0.222. The van der Waals surface area contributed by atoms with Gasteiger partial charge < -0.3 is 24.3 Å². The number of carbonyl (C=O) groups is 1. The average molecular weight is 426 g/mol. The first-order chi connectivity index (χ1) is 15.1. The van der Waals surface area contributed by atoms with Crippen molar-refractivity contribution in [1.82, 2.24) is 14.8 Å². The summed E-state index contributed by atoms with van der Waals surface area (Å²) in [4.78, 5) is 16.3. The molecule has 1 aromatic heterocycles. The van der Waals surface area contributed by atoms with Crippen LogP contribution in [0.4, 0.5) is 5.69 Å². The van der Waals surface area contributed by atoms with Crippen LogP contribution in [0.3, 0.4) is 0 Å². The van der Waals surface area contributed by atoms with Crippen LogP contribution in [0.25, 0.3) is 17.1 Å². The van der Waals surface area contributed by atoms with E-state index in [0.29, 0.717) is 31.3 Å². The molecule has 0 aliphatic rings. The van der Waals surface area contributed by atoms with Gasteiger partial charge in [-0.1, -0.05) is 0 Å². The molecule has 0 fully saturated rings. The first-order valence-electron chi connectivity index (χ1n) is 9.85. The summed E-state index contributed by atoms with van der Waals surface area (Å²) >= 11 is 0. The largest absolute Gasteiger partial charge is 0.497 e. The Balaban J connectivity index is 1.87. The molecule has 31 heavy (non-hydrogen) atoms. The number of rotatable bonds is 11. The third-order valence-electron chi connectivity index (χ3n) is 4.27. The van der Waals surface area contributed by atoms with E-state index in [-0.39, 0.29) is 18.5 Å². The molecule has 164 valence electrons. The first-order valence-corrected chi connectivity index (χ1v) is 9.85. The highest BCUT2D eigenvalue weighted by Gasteiger charge is 2.15. The molecule has 0 atom stereocenters. The van der Waals surface area contributed by atoms with E-state index >= 15 is 0 Å². The predicted octanol–water partition coefficient (Wildman–Crippen LogP) is 2.94. The van der Waals surface area contributed by atoms with Gasteiger partial charge in [-0.3, -0.25) is 4.79 Å². The molecular weight excluding hydrogens is 400 g/mol. The summed E-state index contributed by atoms with van der Waals surface area (Å²) in [5, 5.41) is 7.27. The zero-order valence-electron chi connectivity index (χ0n) is 17.8. The SMILES string of the molecule is CCOCCOc1nc(-c2ccc(OC)cc2)n(-c2ccc(NC(=O)COC)cc2)n1. The van der Waals surface area contributed by atoms with Gasteiger partial charge in [-0.05, 0) is 55.5 Å². The van der Waals surface area contributed by atoms with E-state index in [0.717, 1.165) is 17.0 Å². The van der Waals surface area contributed by atoms with Crippen LogP contribution in [0.5, 0.6) is 11.8 Å². The summed E-state index contributed by atoms with van der Waals surface area (Å²) in [6, 6.07) is 15.0. The minimum Gasteiger partial charge on any atom is -0.497 e. The Morgan fingerprint density at radius 3 is 2.42 bits per heavy atom. The fourth-order valence-corrected chi connectivity index (χ4v) is 2.81. The number of hydrogen-bond donors (Lipinski definition) is 1. The molecule has 1 heterocycles. The number of amides is 1. The molecule has 1 N–H and O–H groups in total. The molecule has 3 rings (SSSR count). The number of methoxy groups -OCH3 is 2. The molecular formula is C22H26N4O5. The van der Waals surface area contributed by atoms with Crippen LogP contribution < -0.4 is 14.8 Å². The summed E-state index contributed by atoms with van der Waals surface area (Å²) in [5.41, 5.74) is 2.28. The van der Waals surface area contributed by atoms with Gasteiger partial charge in [0.2, 0.25) is 5.91 Å². The van der Waals surface area contributed by atoms with Gasteiger partial charge >= 0.3 is 6.01 Å². The molecule has 2 aromatic carbocycles. The molecule has 0 radical (unpaired) electrons. The van der Waals surface area contributed by atoms with Gasteiger partial charge in [0, 0.05) is 25.0 Å². The van der Waals surface area contributed by atoms with Crippen molar-refractivity contribution in [3.05, 3.63) is 48.5 Å².